The van der Waals surface area contributed by atoms with Crippen molar-refractivity contribution in [1.82, 2.24) is 24.6 Å². The molecule has 1 saturated heterocycles. The fraction of sp³-hybridized carbons (Fsp3) is 0.263. The second-order valence-corrected chi connectivity index (χ2v) is 6.53. The van der Waals surface area contributed by atoms with Gasteiger partial charge in [-0.25, -0.2) is 9.67 Å². The lowest BCUT2D eigenvalue weighted by Crippen LogP contribution is -2.27. The van der Waals surface area contributed by atoms with Gasteiger partial charge in [-0.05, 0) is 36.8 Å². The van der Waals surface area contributed by atoms with Gasteiger partial charge in [0.2, 0.25) is 5.91 Å². The molecule has 3 aromatic rings. The molecule has 4 heterocycles. The van der Waals surface area contributed by atoms with Gasteiger partial charge in [-0.2, -0.15) is 18.3 Å². The highest BCUT2D eigenvalue weighted by Gasteiger charge is 2.32. The van der Waals surface area contributed by atoms with Crippen molar-refractivity contribution in [2.75, 3.05) is 13.1 Å². The van der Waals surface area contributed by atoms with Crippen molar-refractivity contribution in [2.45, 2.75) is 18.6 Å². The fourth-order valence-electron chi connectivity index (χ4n) is 3.39. The standard InChI is InChI=1S/C19H16F3N5O/c1-2-16(28)26-9-7-13(11-26)27-18-14(4-3-8-23-18)17(25-27)15-6-5-12(10-24-15)19(20,21)22/h2-6,8,10,13H,1,7,9,11H2. The molecule has 0 bridgehead atoms. The molecule has 1 fully saturated rings. The Bertz CT molecular complexity index is 1040. The molecule has 6 nitrogen and oxygen atoms in total. The molecule has 1 atom stereocenters. The number of alkyl halides is 3. The summed E-state index contributed by atoms with van der Waals surface area (Å²) in [5.74, 6) is -0.142. The number of amides is 1. The molecule has 144 valence electrons. The van der Waals surface area contributed by atoms with Crippen molar-refractivity contribution in [3.8, 4) is 11.4 Å². The van der Waals surface area contributed by atoms with E-state index in [4.69, 9.17) is 0 Å². The third kappa shape index (κ3) is 3.12. The van der Waals surface area contributed by atoms with Crippen LogP contribution in [0.25, 0.3) is 22.4 Å². The van der Waals surface area contributed by atoms with Crippen LogP contribution in [0.5, 0.6) is 0 Å². The van der Waals surface area contributed by atoms with Gasteiger partial charge in [0.15, 0.2) is 5.65 Å². The van der Waals surface area contributed by atoms with Gasteiger partial charge >= 0.3 is 6.18 Å². The average molecular weight is 387 g/mol. The van der Waals surface area contributed by atoms with Crippen molar-refractivity contribution >= 4 is 16.9 Å². The second-order valence-electron chi connectivity index (χ2n) is 6.53. The predicted octanol–water partition coefficient (Wildman–Crippen LogP) is 3.47. The van der Waals surface area contributed by atoms with E-state index in [1.807, 2.05) is 6.07 Å². The number of hydrogen-bond acceptors (Lipinski definition) is 4. The van der Waals surface area contributed by atoms with Crippen molar-refractivity contribution in [2.24, 2.45) is 0 Å². The number of rotatable bonds is 3. The maximum atomic E-state index is 12.8. The van der Waals surface area contributed by atoms with Gasteiger partial charge in [-0.3, -0.25) is 9.78 Å². The summed E-state index contributed by atoms with van der Waals surface area (Å²) in [6, 6.07) is 5.77. The Morgan fingerprint density at radius 1 is 1.25 bits per heavy atom. The highest BCUT2D eigenvalue weighted by Crippen LogP contribution is 2.33. The van der Waals surface area contributed by atoms with E-state index in [1.165, 1.54) is 12.1 Å². The van der Waals surface area contributed by atoms with Gasteiger partial charge in [-0.15, -0.1) is 0 Å². The average Bonchev–Trinajstić information content (AvgIpc) is 3.32. The van der Waals surface area contributed by atoms with Crippen LogP contribution in [-0.4, -0.2) is 43.6 Å². The minimum atomic E-state index is -4.44. The zero-order chi connectivity index (χ0) is 19.9. The molecule has 0 aliphatic carbocycles. The smallest absolute Gasteiger partial charge is 0.337 e. The molecule has 28 heavy (non-hydrogen) atoms. The molecule has 1 amide bonds. The summed E-state index contributed by atoms with van der Waals surface area (Å²) in [6.45, 7) is 4.56. The Balaban J connectivity index is 1.73. The van der Waals surface area contributed by atoms with Crippen molar-refractivity contribution in [3.05, 3.63) is 54.9 Å². The number of aromatic nitrogens is 4. The van der Waals surface area contributed by atoms with Gasteiger partial charge in [0.25, 0.3) is 0 Å². The Labute approximate surface area is 158 Å². The number of carbonyl (C=O) groups is 1. The van der Waals surface area contributed by atoms with E-state index in [0.717, 1.165) is 12.3 Å². The molecule has 1 aliphatic heterocycles. The number of hydrogen-bond donors (Lipinski definition) is 0. The lowest BCUT2D eigenvalue weighted by molar-refractivity contribution is -0.137. The van der Waals surface area contributed by atoms with Gasteiger partial charge in [0.1, 0.15) is 5.69 Å². The molecule has 9 heteroatoms. The molecule has 0 saturated carbocycles. The molecule has 0 spiro atoms. The summed E-state index contributed by atoms with van der Waals surface area (Å²) < 4.78 is 40.2. The molecule has 0 radical (unpaired) electrons. The Hall–Kier alpha value is -3.23. The number of likely N-dealkylation sites (tertiary alicyclic amines) is 1. The first kappa shape index (κ1) is 18.1. The van der Waals surface area contributed by atoms with Crippen LogP contribution in [0.3, 0.4) is 0 Å². The van der Waals surface area contributed by atoms with Crippen LogP contribution < -0.4 is 0 Å². The molecule has 0 N–H and O–H groups in total. The third-order valence-electron chi connectivity index (χ3n) is 4.80. The molecular weight excluding hydrogens is 371 g/mol. The van der Waals surface area contributed by atoms with Crippen LogP contribution in [0.4, 0.5) is 13.2 Å². The summed E-state index contributed by atoms with van der Waals surface area (Å²) in [7, 11) is 0. The number of nitrogens with zero attached hydrogens (tertiary/aromatic N) is 5. The van der Waals surface area contributed by atoms with E-state index in [0.29, 0.717) is 41.9 Å². The Kier molecular flexibility index (Phi) is 4.37. The first-order chi connectivity index (χ1) is 13.4. The first-order valence-electron chi connectivity index (χ1n) is 8.66. The first-order valence-corrected chi connectivity index (χ1v) is 8.66. The lowest BCUT2D eigenvalue weighted by atomic mass is 10.1. The number of pyridine rings is 2. The van der Waals surface area contributed by atoms with Crippen LogP contribution in [0.1, 0.15) is 18.0 Å². The van der Waals surface area contributed by atoms with Crippen molar-refractivity contribution in [3.63, 3.8) is 0 Å². The van der Waals surface area contributed by atoms with Gasteiger partial charge in [-0.1, -0.05) is 6.58 Å². The quantitative estimate of drug-likeness (QED) is 0.646. The van der Waals surface area contributed by atoms with Crippen LogP contribution in [0.15, 0.2) is 49.3 Å². The van der Waals surface area contributed by atoms with Crippen LogP contribution in [-0.2, 0) is 11.0 Å². The number of halogens is 3. The minimum absolute atomic E-state index is 0.0792. The van der Waals surface area contributed by atoms with E-state index in [-0.39, 0.29) is 11.9 Å². The largest absolute Gasteiger partial charge is 0.417 e. The molecule has 0 aromatic carbocycles. The number of fused-ring (bicyclic) bond motifs is 1. The zero-order valence-corrected chi connectivity index (χ0v) is 14.7. The van der Waals surface area contributed by atoms with Crippen LogP contribution >= 0.6 is 0 Å². The summed E-state index contributed by atoms with van der Waals surface area (Å²) in [6.07, 6.45) is -0.0333. The zero-order valence-electron chi connectivity index (χ0n) is 14.7. The minimum Gasteiger partial charge on any atom is -0.337 e. The summed E-state index contributed by atoms with van der Waals surface area (Å²) in [5, 5.41) is 5.30. The third-order valence-corrected chi connectivity index (χ3v) is 4.80. The predicted molar refractivity (Wildman–Crippen MR) is 96.2 cm³/mol. The second kappa shape index (κ2) is 6.74. The maximum absolute atomic E-state index is 12.8. The van der Waals surface area contributed by atoms with E-state index in [2.05, 4.69) is 21.6 Å². The molecule has 1 aliphatic rings. The Morgan fingerprint density at radius 2 is 2.07 bits per heavy atom. The summed E-state index contributed by atoms with van der Waals surface area (Å²) >= 11 is 0. The van der Waals surface area contributed by atoms with E-state index >= 15 is 0 Å². The Morgan fingerprint density at radius 3 is 2.75 bits per heavy atom. The normalized spacial score (nSPS) is 17.2. The van der Waals surface area contributed by atoms with Gasteiger partial charge in [0.05, 0.1) is 17.3 Å². The van der Waals surface area contributed by atoms with Gasteiger partial charge < -0.3 is 4.90 Å². The molecule has 4 rings (SSSR count). The van der Waals surface area contributed by atoms with E-state index < -0.39 is 11.7 Å². The molecule has 1 unspecified atom stereocenters. The monoisotopic (exact) mass is 387 g/mol. The highest BCUT2D eigenvalue weighted by molar-refractivity contribution is 5.90. The summed E-state index contributed by atoms with van der Waals surface area (Å²) in [5.41, 5.74) is 0.594. The van der Waals surface area contributed by atoms with Crippen molar-refractivity contribution < 1.29 is 18.0 Å². The topological polar surface area (TPSA) is 63.9 Å². The lowest BCUT2D eigenvalue weighted by Gasteiger charge is -2.14. The maximum Gasteiger partial charge on any atom is 0.417 e. The van der Waals surface area contributed by atoms with Crippen molar-refractivity contribution in [1.29, 1.82) is 0 Å². The van der Waals surface area contributed by atoms with Crippen LogP contribution in [0, 0.1) is 0 Å². The van der Waals surface area contributed by atoms with Gasteiger partial charge in [0, 0.05) is 30.9 Å². The fourth-order valence-corrected chi connectivity index (χ4v) is 3.39. The highest BCUT2D eigenvalue weighted by atomic mass is 19.4. The van der Waals surface area contributed by atoms with E-state index in [9.17, 15) is 18.0 Å². The summed E-state index contributed by atoms with van der Waals surface area (Å²) in [4.78, 5) is 21.9. The SMILES string of the molecule is C=CC(=O)N1CCC(n2nc(-c3ccc(C(F)(F)F)cn3)c3cccnc32)C1. The molecular formula is C19H16F3N5O. The van der Waals surface area contributed by atoms with Crippen LogP contribution in [0.2, 0.25) is 0 Å². The number of carbonyl (C=O) groups excluding carboxylic acids is 1. The van der Waals surface area contributed by atoms with E-state index in [1.54, 1.807) is 21.8 Å². The molecule has 3 aromatic heterocycles.